The summed E-state index contributed by atoms with van der Waals surface area (Å²) >= 11 is 6.05. The Balaban J connectivity index is 2.16. The van der Waals surface area contributed by atoms with E-state index in [4.69, 9.17) is 16.0 Å². The van der Waals surface area contributed by atoms with Crippen molar-refractivity contribution in [2.24, 2.45) is 0 Å². The van der Waals surface area contributed by atoms with Gasteiger partial charge in [0.05, 0.1) is 5.69 Å². The van der Waals surface area contributed by atoms with Crippen molar-refractivity contribution in [3.63, 3.8) is 0 Å². The van der Waals surface area contributed by atoms with E-state index in [0.717, 1.165) is 16.8 Å². The third kappa shape index (κ3) is 4.08. The lowest BCUT2D eigenvalue weighted by Gasteiger charge is -2.19. The van der Waals surface area contributed by atoms with Crippen molar-refractivity contribution >= 4 is 11.6 Å². The van der Waals surface area contributed by atoms with Gasteiger partial charge in [0.2, 0.25) is 5.89 Å². The molecule has 1 aromatic heterocycles. The summed E-state index contributed by atoms with van der Waals surface area (Å²) in [6, 6.07) is 5.79. The Morgan fingerprint density at radius 2 is 2.00 bits per heavy atom. The summed E-state index contributed by atoms with van der Waals surface area (Å²) in [7, 11) is 0. The molecule has 19 heavy (non-hydrogen) atoms. The molecule has 102 valence electrons. The van der Waals surface area contributed by atoms with Gasteiger partial charge in [-0.05, 0) is 51.5 Å². The predicted molar refractivity (Wildman–Crippen MR) is 78.3 cm³/mol. The minimum atomic E-state index is 0.0613. The van der Waals surface area contributed by atoms with Crippen LogP contribution < -0.4 is 5.32 Å². The average Bonchev–Trinajstić information content (AvgIpc) is 2.72. The molecule has 0 aliphatic heterocycles. The van der Waals surface area contributed by atoms with Gasteiger partial charge < -0.3 is 9.73 Å². The third-order valence-corrected chi connectivity index (χ3v) is 2.86. The molecule has 0 spiro atoms. The normalized spacial score (nSPS) is 11.8. The minimum Gasteiger partial charge on any atom is -0.444 e. The number of benzene rings is 1. The standard InChI is InChI=1S/C15H19ClN2O/c1-10-5-11(7-12(16)6-10)14-18-13(9-19-14)8-17-15(2,3)4/h5-7,9,17H,8H2,1-4H3. The fourth-order valence-corrected chi connectivity index (χ4v) is 2.03. The van der Waals surface area contributed by atoms with Gasteiger partial charge in [0, 0.05) is 22.7 Å². The number of oxazole rings is 1. The van der Waals surface area contributed by atoms with Crippen LogP contribution in [-0.4, -0.2) is 10.5 Å². The van der Waals surface area contributed by atoms with Crippen molar-refractivity contribution in [1.29, 1.82) is 0 Å². The van der Waals surface area contributed by atoms with E-state index in [1.165, 1.54) is 0 Å². The van der Waals surface area contributed by atoms with Gasteiger partial charge in [-0.2, -0.15) is 0 Å². The van der Waals surface area contributed by atoms with Gasteiger partial charge in [-0.3, -0.25) is 0 Å². The highest BCUT2D eigenvalue weighted by atomic mass is 35.5. The van der Waals surface area contributed by atoms with Crippen molar-refractivity contribution in [2.75, 3.05) is 0 Å². The summed E-state index contributed by atoms with van der Waals surface area (Å²) < 4.78 is 5.52. The van der Waals surface area contributed by atoms with Crippen LogP contribution in [0.4, 0.5) is 0 Å². The van der Waals surface area contributed by atoms with Gasteiger partial charge in [-0.15, -0.1) is 0 Å². The molecule has 0 saturated heterocycles. The van der Waals surface area contributed by atoms with E-state index in [2.05, 4.69) is 31.1 Å². The largest absolute Gasteiger partial charge is 0.444 e. The maximum atomic E-state index is 6.05. The van der Waals surface area contributed by atoms with Gasteiger partial charge >= 0.3 is 0 Å². The van der Waals surface area contributed by atoms with Crippen LogP contribution in [-0.2, 0) is 6.54 Å². The molecule has 0 radical (unpaired) electrons. The highest BCUT2D eigenvalue weighted by molar-refractivity contribution is 6.30. The first-order valence-electron chi connectivity index (χ1n) is 6.30. The highest BCUT2D eigenvalue weighted by Gasteiger charge is 2.12. The lowest BCUT2D eigenvalue weighted by molar-refractivity contribution is 0.421. The molecule has 1 heterocycles. The molecule has 1 aromatic carbocycles. The van der Waals surface area contributed by atoms with Gasteiger partial charge in [-0.1, -0.05) is 11.6 Å². The van der Waals surface area contributed by atoms with Crippen LogP contribution in [0.15, 0.2) is 28.9 Å². The van der Waals surface area contributed by atoms with E-state index in [0.29, 0.717) is 17.5 Å². The number of halogens is 1. The maximum absolute atomic E-state index is 6.05. The van der Waals surface area contributed by atoms with Crippen molar-refractivity contribution < 1.29 is 4.42 Å². The molecular weight excluding hydrogens is 260 g/mol. The van der Waals surface area contributed by atoms with Gasteiger partial charge in [0.15, 0.2) is 0 Å². The molecule has 4 heteroatoms. The molecule has 2 aromatic rings. The lowest BCUT2D eigenvalue weighted by Crippen LogP contribution is -2.35. The fraction of sp³-hybridized carbons (Fsp3) is 0.400. The van der Waals surface area contributed by atoms with Crippen LogP contribution >= 0.6 is 11.6 Å². The van der Waals surface area contributed by atoms with Crippen molar-refractivity contribution in [3.8, 4) is 11.5 Å². The number of rotatable bonds is 3. The molecule has 3 nitrogen and oxygen atoms in total. The summed E-state index contributed by atoms with van der Waals surface area (Å²) in [6.45, 7) is 9.05. The molecule has 1 N–H and O–H groups in total. The van der Waals surface area contributed by atoms with Crippen LogP contribution in [0.3, 0.4) is 0 Å². The van der Waals surface area contributed by atoms with Crippen LogP contribution in [0, 0.1) is 6.92 Å². The van der Waals surface area contributed by atoms with Gasteiger partial charge in [0.1, 0.15) is 6.26 Å². The van der Waals surface area contributed by atoms with Crippen molar-refractivity contribution in [1.82, 2.24) is 10.3 Å². The second-order valence-electron chi connectivity index (χ2n) is 5.76. The second-order valence-corrected chi connectivity index (χ2v) is 6.20. The number of hydrogen-bond donors (Lipinski definition) is 1. The number of aryl methyl sites for hydroxylation is 1. The first kappa shape index (κ1) is 14.1. The monoisotopic (exact) mass is 278 g/mol. The molecule has 0 fully saturated rings. The number of aromatic nitrogens is 1. The maximum Gasteiger partial charge on any atom is 0.226 e. The Labute approximate surface area is 119 Å². The summed E-state index contributed by atoms with van der Waals surface area (Å²) in [4.78, 5) is 4.48. The highest BCUT2D eigenvalue weighted by Crippen LogP contribution is 2.24. The number of hydrogen-bond acceptors (Lipinski definition) is 3. The molecule has 2 rings (SSSR count). The number of nitrogens with zero attached hydrogens (tertiary/aromatic N) is 1. The Bertz CT molecular complexity index is 550. The van der Waals surface area contributed by atoms with Crippen LogP contribution in [0.25, 0.3) is 11.5 Å². The minimum absolute atomic E-state index is 0.0613. The third-order valence-electron chi connectivity index (χ3n) is 2.64. The molecule has 0 amide bonds. The summed E-state index contributed by atoms with van der Waals surface area (Å²) in [5.74, 6) is 0.608. The fourth-order valence-electron chi connectivity index (χ4n) is 1.74. The van der Waals surface area contributed by atoms with E-state index < -0.39 is 0 Å². The first-order chi connectivity index (χ1) is 8.83. The van der Waals surface area contributed by atoms with E-state index in [9.17, 15) is 0 Å². The molecule has 0 bridgehead atoms. The Morgan fingerprint density at radius 3 is 2.63 bits per heavy atom. The first-order valence-corrected chi connectivity index (χ1v) is 6.68. The Kier molecular flexibility index (Phi) is 3.97. The zero-order valence-electron chi connectivity index (χ0n) is 11.7. The zero-order valence-corrected chi connectivity index (χ0v) is 12.5. The molecule has 0 unspecified atom stereocenters. The molecule has 0 atom stereocenters. The summed E-state index contributed by atoms with van der Waals surface area (Å²) in [5, 5.41) is 4.07. The van der Waals surface area contributed by atoms with E-state index in [1.807, 2.05) is 25.1 Å². The van der Waals surface area contributed by atoms with Crippen LogP contribution in [0.5, 0.6) is 0 Å². The molecule has 0 saturated carbocycles. The van der Waals surface area contributed by atoms with Crippen LogP contribution in [0.1, 0.15) is 32.0 Å². The van der Waals surface area contributed by atoms with Crippen LogP contribution in [0.2, 0.25) is 5.02 Å². The molecule has 0 aliphatic rings. The van der Waals surface area contributed by atoms with Crippen molar-refractivity contribution in [3.05, 3.63) is 40.7 Å². The lowest BCUT2D eigenvalue weighted by atomic mass is 10.1. The average molecular weight is 279 g/mol. The SMILES string of the molecule is Cc1cc(Cl)cc(-c2nc(CNC(C)(C)C)co2)c1. The topological polar surface area (TPSA) is 38.1 Å². The summed E-state index contributed by atoms with van der Waals surface area (Å²) in [5.41, 5.74) is 2.95. The van der Waals surface area contributed by atoms with E-state index in [1.54, 1.807) is 6.26 Å². The second kappa shape index (κ2) is 5.35. The number of nitrogens with one attached hydrogen (secondary N) is 1. The van der Waals surface area contributed by atoms with E-state index >= 15 is 0 Å². The Hall–Kier alpha value is -1.32. The van der Waals surface area contributed by atoms with Crippen molar-refractivity contribution in [2.45, 2.75) is 39.8 Å². The smallest absolute Gasteiger partial charge is 0.226 e. The summed E-state index contributed by atoms with van der Waals surface area (Å²) in [6.07, 6.45) is 1.68. The van der Waals surface area contributed by atoms with Gasteiger partial charge in [0.25, 0.3) is 0 Å². The predicted octanol–water partition coefficient (Wildman–Crippen LogP) is 4.19. The molecule has 0 aliphatic carbocycles. The zero-order chi connectivity index (χ0) is 14.0. The Morgan fingerprint density at radius 1 is 1.26 bits per heavy atom. The molecular formula is C15H19ClN2O. The van der Waals surface area contributed by atoms with E-state index in [-0.39, 0.29) is 5.54 Å². The quantitative estimate of drug-likeness (QED) is 0.915. The van der Waals surface area contributed by atoms with Gasteiger partial charge in [-0.25, -0.2) is 4.98 Å².